The minimum absolute atomic E-state index is 0.0193. The van der Waals surface area contributed by atoms with Gasteiger partial charge in [-0.25, -0.2) is 0 Å². The van der Waals surface area contributed by atoms with Gasteiger partial charge in [-0.3, -0.25) is 0 Å². The number of rotatable bonds is 2. The molecule has 2 rings (SSSR count). The van der Waals surface area contributed by atoms with Crippen molar-refractivity contribution in [2.45, 2.75) is 0 Å². The molecule has 2 aromatic rings. The van der Waals surface area contributed by atoms with Crippen LogP contribution >= 0.6 is 34.8 Å². The summed E-state index contributed by atoms with van der Waals surface area (Å²) in [5.41, 5.74) is 0.608. The molecule has 0 unspecified atom stereocenters. The number of nitriles is 3. The average Bonchev–Trinajstić information content (AvgIpc) is 2.50. The van der Waals surface area contributed by atoms with E-state index in [4.69, 9.17) is 40.1 Å². The highest BCUT2D eigenvalue weighted by Crippen LogP contribution is 2.38. The molecule has 1 N–H and O–H groups in total. The SMILES string of the molecule is N#Cc1c(Cl)c(C#N)c(Nc2ccc(Cl)cc2)c(C#N)c1Cl. The van der Waals surface area contributed by atoms with Gasteiger partial charge in [0.1, 0.15) is 18.2 Å². The third-order valence-corrected chi connectivity index (χ3v) is 3.83. The molecule has 106 valence electrons. The zero-order chi connectivity index (χ0) is 16.3. The summed E-state index contributed by atoms with van der Waals surface area (Å²) in [6, 6.07) is 12.2. The molecule has 0 spiro atoms. The lowest BCUT2D eigenvalue weighted by molar-refractivity contribution is 1.40. The maximum absolute atomic E-state index is 9.29. The lowest BCUT2D eigenvalue weighted by atomic mass is 10.0. The monoisotopic (exact) mass is 346 g/mol. The topological polar surface area (TPSA) is 83.4 Å². The molecule has 0 atom stereocenters. The van der Waals surface area contributed by atoms with Gasteiger partial charge >= 0.3 is 0 Å². The number of nitrogens with one attached hydrogen (secondary N) is 1. The van der Waals surface area contributed by atoms with Crippen molar-refractivity contribution in [1.29, 1.82) is 15.8 Å². The van der Waals surface area contributed by atoms with Gasteiger partial charge in [0, 0.05) is 10.7 Å². The van der Waals surface area contributed by atoms with E-state index < -0.39 is 0 Å². The largest absolute Gasteiger partial charge is 0.353 e. The molecule has 0 saturated carbocycles. The molecule has 2 aromatic carbocycles. The van der Waals surface area contributed by atoms with Crippen LogP contribution in [0.1, 0.15) is 16.7 Å². The van der Waals surface area contributed by atoms with Crippen molar-refractivity contribution in [2.24, 2.45) is 0 Å². The van der Waals surface area contributed by atoms with Gasteiger partial charge in [0.25, 0.3) is 0 Å². The second kappa shape index (κ2) is 6.56. The Morgan fingerprint density at radius 3 is 1.59 bits per heavy atom. The first-order valence-corrected chi connectivity index (χ1v) is 6.94. The number of nitrogens with zero attached hydrogens (tertiary/aromatic N) is 3. The van der Waals surface area contributed by atoms with Crippen LogP contribution in [0.4, 0.5) is 11.4 Å². The predicted molar refractivity (Wildman–Crippen MR) is 85.3 cm³/mol. The van der Waals surface area contributed by atoms with E-state index >= 15 is 0 Å². The van der Waals surface area contributed by atoms with Crippen LogP contribution in [-0.4, -0.2) is 0 Å². The smallest absolute Gasteiger partial charge is 0.103 e. The third kappa shape index (κ3) is 2.80. The van der Waals surface area contributed by atoms with Crippen molar-refractivity contribution in [3.05, 3.63) is 56.0 Å². The Morgan fingerprint density at radius 1 is 0.727 bits per heavy atom. The lowest BCUT2D eigenvalue weighted by Gasteiger charge is -2.14. The Hall–Kier alpha value is -2.42. The van der Waals surface area contributed by atoms with Gasteiger partial charge in [0.05, 0.1) is 32.4 Å². The van der Waals surface area contributed by atoms with Gasteiger partial charge in [0.2, 0.25) is 0 Å². The van der Waals surface area contributed by atoms with Crippen LogP contribution in [0, 0.1) is 34.0 Å². The van der Waals surface area contributed by atoms with Gasteiger partial charge in [-0.15, -0.1) is 0 Å². The quantitative estimate of drug-likeness (QED) is 0.828. The van der Waals surface area contributed by atoms with Crippen LogP contribution in [0.2, 0.25) is 15.1 Å². The van der Waals surface area contributed by atoms with Crippen LogP contribution in [-0.2, 0) is 0 Å². The lowest BCUT2D eigenvalue weighted by Crippen LogP contribution is -2.01. The van der Waals surface area contributed by atoms with Crippen molar-refractivity contribution < 1.29 is 0 Å². The van der Waals surface area contributed by atoms with Gasteiger partial charge in [-0.2, -0.15) is 15.8 Å². The molecule has 0 aliphatic heterocycles. The van der Waals surface area contributed by atoms with Gasteiger partial charge in [-0.1, -0.05) is 34.8 Å². The molecule has 4 nitrogen and oxygen atoms in total. The van der Waals surface area contributed by atoms with Crippen LogP contribution < -0.4 is 5.32 Å². The fourth-order valence-electron chi connectivity index (χ4n) is 1.80. The van der Waals surface area contributed by atoms with E-state index in [1.165, 1.54) is 0 Å². The Kier molecular flexibility index (Phi) is 4.76. The number of benzene rings is 2. The number of halogens is 3. The Labute approximate surface area is 141 Å². The third-order valence-electron chi connectivity index (χ3n) is 2.83. The summed E-state index contributed by atoms with van der Waals surface area (Å²) >= 11 is 17.9. The molecule has 0 heterocycles. The summed E-state index contributed by atoms with van der Waals surface area (Å²) < 4.78 is 0. The highest BCUT2D eigenvalue weighted by Gasteiger charge is 2.22. The van der Waals surface area contributed by atoms with Crippen LogP contribution in [0.15, 0.2) is 24.3 Å². The molecule has 7 heteroatoms. The summed E-state index contributed by atoms with van der Waals surface area (Å²) in [5, 5.41) is 30.9. The van der Waals surface area contributed by atoms with Crippen molar-refractivity contribution in [3.63, 3.8) is 0 Å². The molecule has 0 aliphatic carbocycles. The number of hydrogen-bond donors (Lipinski definition) is 1. The van der Waals surface area contributed by atoms with Crippen molar-refractivity contribution in [2.75, 3.05) is 5.32 Å². The molecule has 0 aliphatic rings. The second-order valence-corrected chi connectivity index (χ2v) is 5.29. The minimum atomic E-state index is -0.0990. The Bertz CT molecular complexity index is 827. The number of hydrogen-bond acceptors (Lipinski definition) is 4. The summed E-state index contributed by atoms with van der Waals surface area (Å²) in [7, 11) is 0. The maximum atomic E-state index is 9.29. The first-order valence-electron chi connectivity index (χ1n) is 5.81. The first kappa shape index (κ1) is 16.0. The van der Waals surface area contributed by atoms with Crippen molar-refractivity contribution in [1.82, 2.24) is 0 Å². The molecule has 0 radical (unpaired) electrons. The zero-order valence-corrected chi connectivity index (χ0v) is 13.1. The summed E-state index contributed by atoms with van der Waals surface area (Å²) in [4.78, 5) is 0. The van der Waals surface area contributed by atoms with Gasteiger partial charge < -0.3 is 5.32 Å². The van der Waals surface area contributed by atoms with Crippen LogP contribution in [0.5, 0.6) is 0 Å². The van der Waals surface area contributed by atoms with Crippen LogP contribution in [0.25, 0.3) is 0 Å². The second-order valence-electron chi connectivity index (χ2n) is 4.10. The normalized spacial score (nSPS) is 9.45. The average molecular weight is 348 g/mol. The van der Waals surface area contributed by atoms with E-state index in [0.717, 1.165) is 0 Å². The van der Waals surface area contributed by atoms with Gasteiger partial charge in [-0.05, 0) is 24.3 Å². The Balaban J connectivity index is 2.70. The molecule has 0 saturated heterocycles. The van der Waals surface area contributed by atoms with E-state index in [9.17, 15) is 10.5 Å². The summed E-state index contributed by atoms with van der Waals surface area (Å²) in [6.07, 6.45) is 0. The van der Waals surface area contributed by atoms with E-state index in [0.29, 0.717) is 10.7 Å². The summed E-state index contributed by atoms with van der Waals surface area (Å²) in [5.74, 6) is 0. The predicted octanol–water partition coefficient (Wildman–Crippen LogP) is 5.01. The van der Waals surface area contributed by atoms with E-state index in [1.54, 1.807) is 30.3 Å². The highest BCUT2D eigenvalue weighted by molar-refractivity contribution is 6.39. The fraction of sp³-hybridized carbons (Fsp3) is 0. The fourth-order valence-corrected chi connectivity index (χ4v) is 2.52. The Morgan fingerprint density at radius 2 is 1.18 bits per heavy atom. The van der Waals surface area contributed by atoms with Crippen molar-refractivity contribution in [3.8, 4) is 18.2 Å². The standard InChI is InChI=1S/C15H5Cl3N4/c16-8-1-3-9(4-2-8)22-15-11(6-20)13(17)10(5-19)14(18)12(15)7-21/h1-4,22H. The zero-order valence-electron chi connectivity index (χ0n) is 10.8. The molecule has 22 heavy (non-hydrogen) atoms. The first-order chi connectivity index (χ1) is 10.5. The minimum Gasteiger partial charge on any atom is -0.353 e. The molecule has 0 amide bonds. The van der Waals surface area contributed by atoms with E-state index in [-0.39, 0.29) is 32.4 Å². The molecular weight excluding hydrogens is 343 g/mol. The highest BCUT2D eigenvalue weighted by atomic mass is 35.5. The molecule has 0 bridgehead atoms. The molecule has 0 aromatic heterocycles. The maximum Gasteiger partial charge on any atom is 0.103 e. The molecule has 0 fully saturated rings. The molecular formula is C15H5Cl3N4. The summed E-state index contributed by atoms with van der Waals surface area (Å²) in [6.45, 7) is 0. The van der Waals surface area contributed by atoms with E-state index in [1.807, 2.05) is 12.1 Å². The van der Waals surface area contributed by atoms with E-state index in [2.05, 4.69) is 5.32 Å². The number of anilines is 2. The van der Waals surface area contributed by atoms with Crippen molar-refractivity contribution >= 4 is 46.2 Å². The van der Waals surface area contributed by atoms with Gasteiger partial charge in [0.15, 0.2) is 0 Å². The van der Waals surface area contributed by atoms with Crippen LogP contribution in [0.3, 0.4) is 0 Å².